The normalized spacial score (nSPS) is 11.6. The Kier molecular flexibility index (Phi) is 2.51. The van der Waals surface area contributed by atoms with Crippen molar-refractivity contribution in [2.75, 3.05) is 0 Å². The molecule has 1 N–H and O–H groups in total. The van der Waals surface area contributed by atoms with Crippen LogP contribution in [-0.4, -0.2) is 35.1 Å². The maximum Gasteiger partial charge on any atom is 0.370 e. The van der Waals surface area contributed by atoms with Gasteiger partial charge in [0.25, 0.3) is 11.8 Å². The lowest BCUT2D eigenvalue weighted by Gasteiger charge is -2.01. The van der Waals surface area contributed by atoms with E-state index in [-0.39, 0.29) is 23.9 Å². The number of halogens is 1. The van der Waals surface area contributed by atoms with Crippen molar-refractivity contribution >= 4 is 0 Å². The van der Waals surface area contributed by atoms with E-state index in [1.165, 1.54) is 19.3 Å². The summed E-state index contributed by atoms with van der Waals surface area (Å²) in [6.07, 6.45) is 1.34. The minimum absolute atomic E-state index is 0.114. The molecule has 0 saturated carbocycles. The Morgan fingerprint density at radius 2 is 2.45 bits per heavy atom. The molecule has 11 heteroatoms. The van der Waals surface area contributed by atoms with E-state index in [1.807, 2.05) is 0 Å². The summed E-state index contributed by atoms with van der Waals surface area (Å²) in [7, 11) is 1.38. The number of aromatic amines is 1. The summed E-state index contributed by atoms with van der Waals surface area (Å²) in [6, 6.07) is 1.42. The Morgan fingerprint density at radius 1 is 1.60 bits per heavy atom. The van der Waals surface area contributed by atoms with Crippen LogP contribution in [0.4, 0.5) is 4.39 Å². The smallest absolute Gasteiger partial charge is 0.370 e. The predicted octanol–water partition coefficient (Wildman–Crippen LogP) is -0.605. The third kappa shape index (κ3) is 1.94. The molecule has 0 saturated heterocycles. The first-order valence-corrected chi connectivity index (χ1v) is 5.37. The molecular formula is C9H8FN7O3. The van der Waals surface area contributed by atoms with Crippen LogP contribution in [0, 0.1) is 5.95 Å². The quantitative estimate of drug-likeness (QED) is 0.679. The second-order valence-corrected chi connectivity index (χ2v) is 3.71. The summed E-state index contributed by atoms with van der Waals surface area (Å²) in [4.78, 5) is 11.7. The van der Waals surface area contributed by atoms with Crippen LogP contribution in [0.25, 0.3) is 5.88 Å². The van der Waals surface area contributed by atoms with Gasteiger partial charge in [0.1, 0.15) is 12.2 Å². The fourth-order valence-corrected chi connectivity index (χ4v) is 1.45. The van der Waals surface area contributed by atoms with Gasteiger partial charge < -0.3 is 9.26 Å². The molecule has 3 heterocycles. The molecule has 3 aromatic rings. The number of tetrazole rings is 1. The van der Waals surface area contributed by atoms with Crippen LogP contribution in [0.15, 0.2) is 21.6 Å². The van der Waals surface area contributed by atoms with Gasteiger partial charge in [-0.15, -0.1) is 9.78 Å². The Hall–Kier alpha value is -2.98. The summed E-state index contributed by atoms with van der Waals surface area (Å²) in [5.41, 5.74) is -0.736. The topological polar surface area (TPSA) is 117 Å². The van der Waals surface area contributed by atoms with Gasteiger partial charge in [-0.3, -0.25) is 5.09 Å². The SMILES string of the molecule is [3H]n1ccc(OCc2c(F)noc2-n2nnn(C)c2=O)n1. The Morgan fingerprint density at radius 3 is 3.10 bits per heavy atom. The van der Waals surface area contributed by atoms with Crippen molar-refractivity contribution in [3.05, 3.63) is 34.3 Å². The van der Waals surface area contributed by atoms with Gasteiger partial charge in [-0.05, 0) is 15.6 Å². The summed E-state index contributed by atoms with van der Waals surface area (Å²) in [5, 5.41) is 14.6. The molecular weight excluding hydrogens is 273 g/mol. The molecule has 20 heavy (non-hydrogen) atoms. The molecule has 3 rings (SSSR count). The van der Waals surface area contributed by atoms with Gasteiger partial charge in [0.05, 0.1) is 0 Å². The first-order chi connectivity index (χ1) is 10.1. The van der Waals surface area contributed by atoms with E-state index in [1.54, 1.807) is 0 Å². The minimum Gasteiger partial charge on any atom is -0.471 e. The van der Waals surface area contributed by atoms with Gasteiger partial charge >= 0.3 is 5.69 Å². The average molecular weight is 283 g/mol. The number of hydrogen-bond donors (Lipinski definition) is 1. The number of H-pyrrole nitrogens is 1. The maximum absolute atomic E-state index is 13.6. The lowest BCUT2D eigenvalue weighted by Crippen LogP contribution is -2.22. The predicted molar refractivity (Wildman–Crippen MR) is 59.5 cm³/mol. The minimum atomic E-state index is -0.937. The van der Waals surface area contributed by atoms with Crippen LogP contribution in [0.3, 0.4) is 0 Å². The molecule has 0 unspecified atom stereocenters. The van der Waals surface area contributed by atoms with Gasteiger partial charge in [-0.25, -0.2) is 4.79 Å². The molecule has 0 amide bonds. The lowest BCUT2D eigenvalue weighted by molar-refractivity contribution is 0.286. The molecule has 0 fully saturated rings. The van der Waals surface area contributed by atoms with Gasteiger partial charge in [0.2, 0.25) is 5.88 Å². The summed E-state index contributed by atoms with van der Waals surface area (Å²) in [6.45, 7) is -0.301. The van der Waals surface area contributed by atoms with Gasteiger partial charge in [0, 0.05) is 19.3 Å². The summed E-state index contributed by atoms with van der Waals surface area (Å²) >= 11 is 0. The number of rotatable bonds is 4. The average Bonchev–Trinajstić information content (AvgIpc) is 3.11. The van der Waals surface area contributed by atoms with E-state index in [0.717, 1.165) is 14.5 Å². The van der Waals surface area contributed by atoms with Crippen LogP contribution in [0.1, 0.15) is 5.56 Å². The molecule has 0 atom stereocenters. The second-order valence-electron chi connectivity index (χ2n) is 3.71. The fourth-order valence-electron chi connectivity index (χ4n) is 1.45. The van der Waals surface area contributed by atoms with Gasteiger partial charge in [-0.1, -0.05) is 0 Å². The molecule has 0 aromatic carbocycles. The molecule has 0 spiro atoms. The first-order valence-electron chi connectivity index (χ1n) is 5.82. The molecule has 0 aliphatic heterocycles. The molecule has 104 valence electrons. The maximum atomic E-state index is 13.6. The fraction of sp³-hybridized carbons (Fsp3) is 0.222. The third-order valence-electron chi connectivity index (χ3n) is 2.44. The lowest BCUT2D eigenvalue weighted by atomic mass is 10.3. The van der Waals surface area contributed by atoms with E-state index in [2.05, 4.69) is 20.7 Å². The molecule has 10 nitrogen and oxygen atoms in total. The van der Waals surface area contributed by atoms with Gasteiger partial charge in [-0.2, -0.15) is 9.07 Å². The number of hydrogen-bond acceptors (Lipinski definition) is 7. The van der Waals surface area contributed by atoms with Crippen molar-refractivity contribution < 1.29 is 15.1 Å². The van der Waals surface area contributed by atoms with E-state index >= 15 is 0 Å². The molecule has 3 aromatic heterocycles. The Labute approximate surface area is 111 Å². The number of aryl methyl sites for hydroxylation is 1. The van der Waals surface area contributed by atoms with Crippen LogP contribution in [0.5, 0.6) is 5.88 Å². The number of nitrogens with one attached hydrogen (secondary N) is 1. The van der Waals surface area contributed by atoms with Crippen molar-refractivity contribution in [1.82, 2.24) is 35.1 Å². The standard InChI is InChI=1S/C9H8FN7O3/c1-16-9(18)17(15-14-16)8-5(7(10)13-20-8)4-19-6-2-3-11-12-6/h2-3H,4H2,1H3,(H,11,12)/i/hT. The van der Waals surface area contributed by atoms with E-state index < -0.39 is 11.6 Å². The number of ether oxygens (including phenoxy) is 1. The number of nitrogens with zero attached hydrogens (tertiary/aromatic N) is 6. The Bertz CT molecular complexity index is 835. The van der Waals surface area contributed by atoms with E-state index in [4.69, 9.17) is 10.7 Å². The first kappa shape index (κ1) is 10.9. The van der Waals surface area contributed by atoms with Crippen molar-refractivity contribution in [3.63, 3.8) is 0 Å². The molecule has 0 radical (unpaired) electrons. The summed E-state index contributed by atoms with van der Waals surface area (Å²) in [5.74, 6) is -1.05. The molecule has 0 aliphatic carbocycles. The van der Waals surface area contributed by atoms with Crippen LogP contribution in [-0.2, 0) is 13.7 Å². The van der Waals surface area contributed by atoms with Crippen molar-refractivity contribution in [2.45, 2.75) is 6.61 Å². The zero-order valence-corrected chi connectivity index (χ0v) is 10.1. The highest BCUT2D eigenvalue weighted by atomic mass is 19.1. The van der Waals surface area contributed by atoms with Crippen molar-refractivity contribution in [2.24, 2.45) is 7.05 Å². The molecule has 0 aliphatic rings. The third-order valence-corrected chi connectivity index (χ3v) is 2.44. The highest BCUT2D eigenvalue weighted by Crippen LogP contribution is 2.17. The van der Waals surface area contributed by atoms with Crippen LogP contribution in [0.2, 0.25) is 1.41 Å². The molecule has 0 bridgehead atoms. The van der Waals surface area contributed by atoms with Gasteiger partial charge in [0.15, 0.2) is 1.41 Å². The van der Waals surface area contributed by atoms with Crippen LogP contribution >= 0.6 is 0 Å². The van der Waals surface area contributed by atoms with Crippen molar-refractivity contribution in [1.29, 1.82) is 0 Å². The second kappa shape index (κ2) is 4.60. The highest BCUT2D eigenvalue weighted by molar-refractivity contribution is 5.27. The summed E-state index contributed by atoms with van der Waals surface area (Å²) < 4.78 is 32.5. The van der Waals surface area contributed by atoms with Crippen molar-refractivity contribution in [3.8, 4) is 11.8 Å². The highest BCUT2D eigenvalue weighted by Gasteiger charge is 2.22. The largest absolute Gasteiger partial charge is 0.471 e. The van der Waals surface area contributed by atoms with E-state index in [0.29, 0.717) is 0 Å². The van der Waals surface area contributed by atoms with Crippen LogP contribution < -0.4 is 10.4 Å². The zero-order valence-electron chi connectivity index (χ0n) is 11.1. The number of aromatic nitrogens is 7. The monoisotopic (exact) mass is 283 g/mol. The Balaban J connectivity index is 1.90. The van der Waals surface area contributed by atoms with E-state index in [9.17, 15) is 9.18 Å². The zero-order chi connectivity index (χ0) is 15.0.